The molecule has 28 heavy (non-hydrogen) atoms. The molecule has 9 nitrogen and oxygen atoms in total. The van der Waals surface area contributed by atoms with Crippen LogP contribution in [0.15, 0.2) is 36.4 Å². The van der Waals surface area contributed by atoms with Crippen LogP contribution in [0.4, 0.5) is 17.1 Å². The Labute approximate surface area is 170 Å². The zero-order chi connectivity index (χ0) is 20.6. The molecule has 0 saturated carbocycles. The van der Waals surface area contributed by atoms with Gasteiger partial charge in [-0.2, -0.15) is 0 Å². The third-order valence-corrected chi connectivity index (χ3v) is 5.61. The fourth-order valence-electron chi connectivity index (χ4n) is 2.61. The van der Waals surface area contributed by atoms with E-state index in [2.05, 4.69) is 5.32 Å². The Morgan fingerprint density at radius 2 is 2.00 bits per heavy atom. The molecular formula is C16H13Cl2N3O6S. The van der Waals surface area contributed by atoms with Gasteiger partial charge >= 0.3 is 0 Å². The molecule has 0 aromatic heterocycles. The summed E-state index contributed by atoms with van der Waals surface area (Å²) >= 11 is 11.9. The molecule has 0 saturated heterocycles. The van der Waals surface area contributed by atoms with Crippen LogP contribution in [0.5, 0.6) is 5.75 Å². The molecular weight excluding hydrogens is 433 g/mol. The number of non-ortho nitro benzene ring substituents is 1. The molecule has 0 unspecified atom stereocenters. The number of nitrogens with one attached hydrogen (secondary N) is 1. The molecule has 12 heteroatoms. The smallest absolute Gasteiger partial charge is 0.271 e. The second-order valence-corrected chi connectivity index (χ2v) is 8.67. The number of hydrogen-bond donors (Lipinski definition) is 1. The summed E-state index contributed by atoms with van der Waals surface area (Å²) in [5.41, 5.74) is -0.0354. The summed E-state index contributed by atoms with van der Waals surface area (Å²) in [6, 6.07) is 7.94. The van der Waals surface area contributed by atoms with Crippen molar-refractivity contribution in [3.63, 3.8) is 0 Å². The predicted molar refractivity (Wildman–Crippen MR) is 105 cm³/mol. The number of anilines is 2. The van der Waals surface area contributed by atoms with Gasteiger partial charge in [0.15, 0.2) is 6.10 Å². The van der Waals surface area contributed by atoms with Crippen LogP contribution in [0.3, 0.4) is 0 Å². The fourth-order valence-corrected chi connectivity index (χ4v) is 3.85. The lowest BCUT2D eigenvalue weighted by atomic mass is 10.2. The van der Waals surface area contributed by atoms with E-state index in [9.17, 15) is 23.3 Å². The Bertz CT molecular complexity index is 1080. The molecule has 1 N–H and O–H groups in total. The van der Waals surface area contributed by atoms with Gasteiger partial charge in [0.1, 0.15) is 5.75 Å². The highest BCUT2D eigenvalue weighted by Gasteiger charge is 2.35. The first-order valence-corrected chi connectivity index (χ1v) is 10.4. The van der Waals surface area contributed by atoms with Gasteiger partial charge in [-0.3, -0.25) is 19.2 Å². The van der Waals surface area contributed by atoms with Crippen molar-refractivity contribution in [2.24, 2.45) is 0 Å². The lowest BCUT2D eigenvalue weighted by Gasteiger charge is -2.34. The van der Waals surface area contributed by atoms with Crippen LogP contribution in [0.2, 0.25) is 10.0 Å². The summed E-state index contributed by atoms with van der Waals surface area (Å²) in [6.45, 7) is -0.301. The monoisotopic (exact) mass is 445 g/mol. The Kier molecular flexibility index (Phi) is 5.37. The molecule has 1 heterocycles. The van der Waals surface area contributed by atoms with Gasteiger partial charge in [0.05, 0.1) is 34.1 Å². The van der Waals surface area contributed by atoms with E-state index in [0.717, 1.165) is 16.6 Å². The van der Waals surface area contributed by atoms with Crippen molar-refractivity contribution >= 4 is 56.2 Å². The number of nitro benzene ring substituents is 1. The minimum Gasteiger partial charge on any atom is -0.476 e. The summed E-state index contributed by atoms with van der Waals surface area (Å²) in [5, 5.41) is 13.7. The van der Waals surface area contributed by atoms with Crippen molar-refractivity contribution in [1.29, 1.82) is 0 Å². The molecule has 2 aromatic carbocycles. The Morgan fingerprint density at radius 1 is 1.29 bits per heavy atom. The number of rotatable bonds is 4. The van der Waals surface area contributed by atoms with E-state index in [-0.39, 0.29) is 34.4 Å². The Hall–Kier alpha value is -2.56. The molecule has 0 bridgehead atoms. The average molecular weight is 446 g/mol. The van der Waals surface area contributed by atoms with Crippen LogP contribution in [0.1, 0.15) is 0 Å². The van der Waals surface area contributed by atoms with Crippen LogP contribution in [-0.2, 0) is 14.8 Å². The Morgan fingerprint density at radius 3 is 2.64 bits per heavy atom. The molecule has 0 spiro atoms. The van der Waals surface area contributed by atoms with Gasteiger partial charge in [0, 0.05) is 17.2 Å². The molecule has 148 valence electrons. The maximum atomic E-state index is 12.6. The highest BCUT2D eigenvalue weighted by atomic mass is 35.5. The van der Waals surface area contributed by atoms with Crippen molar-refractivity contribution in [2.75, 3.05) is 22.4 Å². The van der Waals surface area contributed by atoms with Gasteiger partial charge in [0.2, 0.25) is 10.0 Å². The topological polar surface area (TPSA) is 119 Å². The van der Waals surface area contributed by atoms with Crippen molar-refractivity contribution in [3.8, 4) is 5.75 Å². The summed E-state index contributed by atoms with van der Waals surface area (Å²) in [7, 11) is -3.72. The van der Waals surface area contributed by atoms with Gasteiger partial charge in [-0.25, -0.2) is 8.42 Å². The second kappa shape index (κ2) is 7.46. The van der Waals surface area contributed by atoms with Crippen LogP contribution in [0.25, 0.3) is 0 Å². The number of halogens is 2. The van der Waals surface area contributed by atoms with E-state index in [1.807, 2.05) is 0 Å². The quantitative estimate of drug-likeness (QED) is 0.570. The number of ether oxygens (including phenoxy) is 1. The number of nitrogens with zero attached hydrogens (tertiary/aromatic N) is 2. The standard InChI is InChI=1S/C16H13Cl2N3O6S/c1-28(25,26)20-8-15(27-14-5-2-9(17)6-13(14)20)16(22)19-12-7-10(21(23)24)3-4-11(12)18/h2-7,15H,8H2,1H3,(H,19,22)/t15-/m0/s1. The molecule has 1 aliphatic rings. The SMILES string of the molecule is CS(=O)(=O)N1C[C@@H](C(=O)Nc2cc([N+](=O)[O-])ccc2Cl)Oc2ccc(Cl)cc21. The Balaban J connectivity index is 1.90. The first kappa shape index (κ1) is 20.2. The van der Waals surface area contributed by atoms with Gasteiger partial charge in [0.25, 0.3) is 11.6 Å². The van der Waals surface area contributed by atoms with Crippen molar-refractivity contribution in [2.45, 2.75) is 6.10 Å². The van der Waals surface area contributed by atoms with E-state index in [1.165, 1.54) is 30.3 Å². The van der Waals surface area contributed by atoms with Gasteiger partial charge in [-0.05, 0) is 24.3 Å². The van der Waals surface area contributed by atoms with Crippen molar-refractivity contribution in [1.82, 2.24) is 0 Å². The largest absolute Gasteiger partial charge is 0.476 e. The van der Waals surface area contributed by atoms with Crippen LogP contribution in [0, 0.1) is 10.1 Å². The second-order valence-electron chi connectivity index (χ2n) is 5.92. The number of nitro groups is 1. The van der Waals surface area contributed by atoms with Crippen molar-refractivity contribution < 1.29 is 22.9 Å². The van der Waals surface area contributed by atoms with E-state index in [0.29, 0.717) is 5.02 Å². The molecule has 2 aromatic rings. The summed E-state index contributed by atoms with van der Waals surface area (Å²) in [6.07, 6.45) is -0.214. The number of benzene rings is 2. The minimum atomic E-state index is -3.72. The first-order valence-electron chi connectivity index (χ1n) is 7.75. The molecule has 0 radical (unpaired) electrons. The third kappa shape index (κ3) is 4.13. The maximum Gasteiger partial charge on any atom is 0.271 e. The minimum absolute atomic E-state index is 0.0114. The number of sulfonamides is 1. The van der Waals surface area contributed by atoms with Crippen molar-refractivity contribution in [3.05, 3.63) is 56.6 Å². The lowest BCUT2D eigenvalue weighted by molar-refractivity contribution is -0.384. The molecule has 1 atom stereocenters. The highest BCUT2D eigenvalue weighted by Crippen LogP contribution is 2.37. The zero-order valence-electron chi connectivity index (χ0n) is 14.3. The average Bonchev–Trinajstić information content (AvgIpc) is 2.61. The van der Waals surface area contributed by atoms with E-state index in [1.54, 1.807) is 0 Å². The van der Waals surface area contributed by atoms with E-state index < -0.39 is 27.0 Å². The first-order chi connectivity index (χ1) is 13.1. The number of carbonyl (C=O) groups excluding carboxylic acids is 1. The molecule has 0 fully saturated rings. The summed E-state index contributed by atoms with van der Waals surface area (Å²) < 4.78 is 30.9. The third-order valence-electron chi connectivity index (χ3n) is 3.90. The molecule has 1 amide bonds. The highest BCUT2D eigenvalue weighted by molar-refractivity contribution is 7.92. The summed E-state index contributed by atoms with van der Waals surface area (Å²) in [4.78, 5) is 22.9. The molecule has 3 rings (SSSR count). The number of carbonyl (C=O) groups is 1. The maximum absolute atomic E-state index is 12.6. The van der Waals surface area contributed by atoms with Gasteiger partial charge < -0.3 is 10.1 Å². The van der Waals surface area contributed by atoms with Gasteiger partial charge in [-0.15, -0.1) is 0 Å². The van der Waals surface area contributed by atoms with Gasteiger partial charge in [-0.1, -0.05) is 23.2 Å². The number of amides is 1. The fraction of sp³-hybridized carbons (Fsp3) is 0.188. The normalized spacial score (nSPS) is 16.1. The van der Waals surface area contributed by atoms with Crippen LogP contribution in [-0.4, -0.2) is 38.2 Å². The zero-order valence-corrected chi connectivity index (χ0v) is 16.6. The number of hydrogen-bond acceptors (Lipinski definition) is 6. The van der Waals surface area contributed by atoms with Crippen LogP contribution < -0.4 is 14.4 Å². The van der Waals surface area contributed by atoms with E-state index >= 15 is 0 Å². The predicted octanol–water partition coefficient (Wildman–Crippen LogP) is 3.07. The van der Waals surface area contributed by atoms with E-state index in [4.69, 9.17) is 27.9 Å². The summed E-state index contributed by atoms with van der Waals surface area (Å²) in [5.74, 6) is -0.553. The lowest BCUT2D eigenvalue weighted by Crippen LogP contribution is -2.48. The number of fused-ring (bicyclic) bond motifs is 1. The molecule has 1 aliphatic heterocycles. The van der Waals surface area contributed by atoms with Crippen LogP contribution >= 0.6 is 23.2 Å². The molecule has 0 aliphatic carbocycles.